The fourth-order valence-electron chi connectivity index (χ4n) is 2.54. The fraction of sp³-hybridized carbons (Fsp3) is 0.412. The zero-order chi connectivity index (χ0) is 18.4. The van der Waals surface area contributed by atoms with Gasteiger partial charge in [0.2, 0.25) is 10.0 Å². The summed E-state index contributed by atoms with van der Waals surface area (Å²) < 4.78 is 31.2. The van der Waals surface area contributed by atoms with E-state index in [1.165, 1.54) is 13.1 Å². The lowest BCUT2D eigenvalue weighted by molar-refractivity contribution is -0.151. The summed E-state index contributed by atoms with van der Waals surface area (Å²) in [6, 6.07) is 4.56. The number of carbonyl (C=O) groups is 2. The molecule has 2 N–H and O–H groups in total. The maximum atomic E-state index is 12.0. The summed E-state index contributed by atoms with van der Waals surface area (Å²) in [5.41, 5.74) is 0.880. The first-order valence-electron chi connectivity index (χ1n) is 7.99. The van der Waals surface area contributed by atoms with Gasteiger partial charge in [-0.25, -0.2) is 13.1 Å². The van der Waals surface area contributed by atoms with Crippen LogP contribution in [0.2, 0.25) is 0 Å². The van der Waals surface area contributed by atoms with E-state index in [1.54, 1.807) is 19.1 Å². The largest absolute Gasteiger partial charge is 0.455 e. The van der Waals surface area contributed by atoms with E-state index in [1.807, 2.05) is 12.2 Å². The van der Waals surface area contributed by atoms with Crippen LogP contribution < -0.4 is 10.0 Å². The number of aryl methyl sites for hydroxylation is 1. The summed E-state index contributed by atoms with van der Waals surface area (Å²) in [7, 11) is -2.30. The summed E-state index contributed by atoms with van der Waals surface area (Å²) in [6.45, 7) is 1.26. The Kier molecular flexibility index (Phi) is 6.33. The highest BCUT2D eigenvalue weighted by molar-refractivity contribution is 7.89. The highest BCUT2D eigenvalue weighted by Gasteiger charge is 2.21. The predicted molar refractivity (Wildman–Crippen MR) is 93.5 cm³/mol. The van der Waals surface area contributed by atoms with Crippen molar-refractivity contribution in [2.45, 2.75) is 31.1 Å². The molecular formula is C17H22N2O5S. The third-order valence-electron chi connectivity index (χ3n) is 3.98. The van der Waals surface area contributed by atoms with Crippen LogP contribution in [0.1, 0.15) is 24.8 Å². The van der Waals surface area contributed by atoms with Crippen LogP contribution in [0.5, 0.6) is 0 Å². The maximum absolute atomic E-state index is 12.0. The van der Waals surface area contributed by atoms with Crippen molar-refractivity contribution in [3.8, 4) is 0 Å². The van der Waals surface area contributed by atoms with E-state index in [4.69, 9.17) is 4.74 Å². The van der Waals surface area contributed by atoms with Gasteiger partial charge in [0.25, 0.3) is 5.91 Å². The van der Waals surface area contributed by atoms with Gasteiger partial charge in [-0.05, 0) is 50.9 Å². The van der Waals surface area contributed by atoms with Crippen LogP contribution in [-0.2, 0) is 24.3 Å². The molecule has 1 aromatic rings. The summed E-state index contributed by atoms with van der Waals surface area (Å²) >= 11 is 0. The molecule has 0 saturated carbocycles. The Hall–Kier alpha value is -2.19. The Balaban J connectivity index is 1.95. The predicted octanol–water partition coefficient (Wildman–Crippen LogP) is 1.74. The molecule has 0 fully saturated rings. The molecule has 25 heavy (non-hydrogen) atoms. The number of esters is 1. The Morgan fingerprint density at radius 2 is 2.04 bits per heavy atom. The number of benzene rings is 1. The minimum absolute atomic E-state index is 0.0822. The Morgan fingerprint density at radius 1 is 1.28 bits per heavy atom. The number of hydrogen-bond donors (Lipinski definition) is 2. The van der Waals surface area contributed by atoms with Crippen LogP contribution in [0.15, 0.2) is 35.2 Å². The summed E-state index contributed by atoms with van der Waals surface area (Å²) in [4.78, 5) is 23.9. The van der Waals surface area contributed by atoms with Crippen LogP contribution in [0.4, 0.5) is 5.69 Å². The molecule has 0 aromatic heterocycles. The zero-order valence-electron chi connectivity index (χ0n) is 14.2. The number of hydrogen-bond acceptors (Lipinski definition) is 5. The van der Waals surface area contributed by atoms with E-state index in [2.05, 4.69) is 10.0 Å². The summed E-state index contributed by atoms with van der Waals surface area (Å²) in [5, 5.41) is 2.54. The monoisotopic (exact) mass is 366 g/mol. The molecule has 0 heterocycles. The first-order chi connectivity index (χ1) is 11.8. The van der Waals surface area contributed by atoms with Crippen LogP contribution >= 0.6 is 0 Å². The number of amides is 1. The molecule has 0 saturated heterocycles. The molecule has 0 bridgehead atoms. The number of ether oxygens (including phenoxy) is 1. The molecule has 0 aliphatic heterocycles. The molecule has 1 aliphatic carbocycles. The third-order valence-corrected chi connectivity index (χ3v) is 5.53. The van der Waals surface area contributed by atoms with Gasteiger partial charge in [0.05, 0.1) is 10.8 Å². The quantitative estimate of drug-likeness (QED) is 0.590. The van der Waals surface area contributed by atoms with Crippen LogP contribution in [0, 0.1) is 12.8 Å². The number of nitrogens with one attached hydrogen (secondary N) is 2. The van der Waals surface area contributed by atoms with Crippen molar-refractivity contribution in [2.75, 3.05) is 19.0 Å². The van der Waals surface area contributed by atoms with Crippen molar-refractivity contribution < 1.29 is 22.7 Å². The van der Waals surface area contributed by atoms with Crippen molar-refractivity contribution in [2.24, 2.45) is 5.92 Å². The number of allylic oxidation sites excluding steroid dienone is 2. The van der Waals surface area contributed by atoms with Crippen molar-refractivity contribution in [1.29, 1.82) is 0 Å². The molecule has 1 atom stereocenters. The number of anilines is 1. The summed E-state index contributed by atoms with van der Waals surface area (Å²) in [6.07, 6.45) is 6.14. The lowest BCUT2D eigenvalue weighted by atomic mass is 9.95. The first kappa shape index (κ1) is 19.1. The van der Waals surface area contributed by atoms with Gasteiger partial charge in [-0.2, -0.15) is 0 Å². The number of carbonyl (C=O) groups excluding carboxylic acids is 2. The van der Waals surface area contributed by atoms with Crippen LogP contribution in [-0.4, -0.2) is 33.9 Å². The average molecular weight is 366 g/mol. The van der Waals surface area contributed by atoms with Gasteiger partial charge in [0.1, 0.15) is 0 Å². The Bertz CT molecular complexity index is 786. The molecule has 0 unspecified atom stereocenters. The van der Waals surface area contributed by atoms with Crippen LogP contribution in [0.3, 0.4) is 0 Å². The molecule has 1 aromatic carbocycles. The van der Waals surface area contributed by atoms with Crippen LogP contribution in [0.25, 0.3) is 0 Å². The maximum Gasteiger partial charge on any atom is 0.309 e. The number of sulfonamides is 1. The smallest absolute Gasteiger partial charge is 0.309 e. The highest BCUT2D eigenvalue weighted by Crippen LogP contribution is 2.21. The van der Waals surface area contributed by atoms with E-state index >= 15 is 0 Å². The van der Waals surface area contributed by atoms with E-state index < -0.39 is 22.5 Å². The average Bonchev–Trinajstić information content (AvgIpc) is 2.62. The highest BCUT2D eigenvalue weighted by atomic mass is 32.2. The Morgan fingerprint density at radius 3 is 2.68 bits per heavy atom. The van der Waals surface area contributed by atoms with Gasteiger partial charge in [-0.1, -0.05) is 18.2 Å². The Labute approximate surface area is 147 Å². The van der Waals surface area contributed by atoms with E-state index in [-0.39, 0.29) is 16.8 Å². The lowest BCUT2D eigenvalue weighted by Gasteiger charge is -2.16. The van der Waals surface area contributed by atoms with Gasteiger partial charge < -0.3 is 10.1 Å². The molecule has 7 nitrogen and oxygen atoms in total. The van der Waals surface area contributed by atoms with E-state index in [0.29, 0.717) is 17.7 Å². The SMILES string of the molecule is CNS(=O)(=O)c1cc(NC(=O)COC(=O)[C@H]2CC=CCC2)ccc1C. The second kappa shape index (κ2) is 8.26. The molecule has 1 aliphatic rings. The van der Waals surface area contributed by atoms with Gasteiger partial charge in [0, 0.05) is 5.69 Å². The molecule has 8 heteroatoms. The lowest BCUT2D eigenvalue weighted by Crippen LogP contribution is -2.25. The minimum atomic E-state index is -3.62. The topological polar surface area (TPSA) is 102 Å². The van der Waals surface area contributed by atoms with Gasteiger partial charge in [-0.15, -0.1) is 0 Å². The van der Waals surface area contributed by atoms with E-state index in [9.17, 15) is 18.0 Å². The van der Waals surface area contributed by atoms with Gasteiger partial charge in [-0.3, -0.25) is 9.59 Å². The molecule has 1 amide bonds. The van der Waals surface area contributed by atoms with Gasteiger partial charge in [0.15, 0.2) is 6.61 Å². The van der Waals surface area contributed by atoms with Crippen molar-refractivity contribution >= 4 is 27.6 Å². The van der Waals surface area contributed by atoms with Gasteiger partial charge >= 0.3 is 5.97 Å². The van der Waals surface area contributed by atoms with Crippen molar-refractivity contribution in [3.63, 3.8) is 0 Å². The third kappa shape index (κ3) is 5.14. The van der Waals surface area contributed by atoms with Crippen molar-refractivity contribution in [1.82, 2.24) is 4.72 Å². The standard InChI is InChI=1S/C17H22N2O5S/c1-12-8-9-14(10-15(12)25(22,23)18-2)19-16(20)11-24-17(21)13-6-4-3-5-7-13/h3-4,8-10,13,18H,5-7,11H2,1-2H3,(H,19,20)/t13-/m0/s1. The molecule has 136 valence electrons. The first-order valence-corrected chi connectivity index (χ1v) is 9.47. The minimum Gasteiger partial charge on any atom is -0.455 e. The zero-order valence-corrected chi connectivity index (χ0v) is 15.1. The molecular weight excluding hydrogens is 344 g/mol. The fourth-order valence-corrected chi connectivity index (χ4v) is 3.53. The molecule has 2 rings (SSSR count). The normalized spacial score (nSPS) is 17.1. The number of rotatable bonds is 6. The van der Waals surface area contributed by atoms with Crippen molar-refractivity contribution in [3.05, 3.63) is 35.9 Å². The molecule has 0 radical (unpaired) electrons. The summed E-state index contributed by atoms with van der Waals surface area (Å²) in [5.74, 6) is -1.11. The molecule has 0 spiro atoms. The second-order valence-electron chi connectivity index (χ2n) is 5.83. The van der Waals surface area contributed by atoms with E-state index in [0.717, 1.165) is 12.8 Å². The second-order valence-corrected chi connectivity index (χ2v) is 7.68.